The van der Waals surface area contributed by atoms with E-state index in [4.69, 9.17) is 0 Å². The van der Waals surface area contributed by atoms with E-state index in [1.807, 2.05) is 0 Å². The molecule has 0 heterocycles. The summed E-state index contributed by atoms with van der Waals surface area (Å²) in [4.78, 5) is 0. The van der Waals surface area contributed by atoms with Gasteiger partial charge in [-0.3, -0.25) is 0 Å². The minimum Gasteiger partial charge on any atom is -0.316 e. The molecule has 76 valence electrons. The lowest BCUT2D eigenvalue weighted by atomic mass is 9.78. The Hall–Kier alpha value is -0.0400. The van der Waals surface area contributed by atoms with Crippen LogP contribution in [0, 0.1) is 11.3 Å². The van der Waals surface area contributed by atoms with E-state index in [2.05, 4.69) is 19.3 Å². The molecule has 2 saturated carbocycles. The Bertz CT molecular complexity index is 166. The molecule has 2 fully saturated rings. The van der Waals surface area contributed by atoms with Crippen LogP contribution in [0.5, 0.6) is 0 Å². The predicted octanol–water partition coefficient (Wildman–Crippen LogP) is 2.95. The summed E-state index contributed by atoms with van der Waals surface area (Å²) in [6, 6.07) is 0.813. The first-order valence-corrected chi connectivity index (χ1v) is 5.93. The van der Waals surface area contributed by atoms with Crippen molar-refractivity contribution in [3.8, 4) is 0 Å². The van der Waals surface area contributed by atoms with Gasteiger partial charge in [0.15, 0.2) is 0 Å². The van der Waals surface area contributed by atoms with Crippen LogP contribution in [0.15, 0.2) is 0 Å². The highest BCUT2D eigenvalue weighted by atomic mass is 14.9. The zero-order valence-corrected chi connectivity index (χ0v) is 9.10. The van der Waals surface area contributed by atoms with Gasteiger partial charge in [-0.15, -0.1) is 0 Å². The van der Waals surface area contributed by atoms with Crippen molar-refractivity contribution in [2.24, 2.45) is 11.3 Å². The Morgan fingerprint density at radius 2 is 1.77 bits per heavy atom. The SMILES string of the molecule is CNC(C1CCCCC1)C1(C)CC1. The van der Waals surface area contributed by atoms with Crippen molar-refractivity contribution in [3.63, 3.8) is 0 Å². The molecule has 0 aliphatic heterocycles. The summed E-state index contributed by atoms with van der Waals surface area (Å²) in [6.45, 7) is 2.46. The molecule has 0 aromatic heterocycles. The molecular formula is C12H23N. The fourth-order valence-electron chi connectivity index (χ4n) is 3.13. The highest BCUT2D eigenvalue weighted by molar-refractivity contribution is 5.01. The van der Waals surface area contributed by atoms with Gasteiger partial charge in [-0.2, -0.15) is 0 Å². The van der Waals surface area contributed by atoms with Crippen LogP contribution < -0.4 is 5.32 Å². The maximum absolute atomic E-state index is 3.57. The molecule has 0 aromatic rings. The van der Waals surface area contributed by atoms with E-state index < -0.39 is 0 Å². The maximum Gasteiger partial charge on any atom is 0.0146 e. The van der Waals surface area contributed by atoms with Crippen LogP contribution in [0.3, 0.4) is 0 Å². The van der Waals surface area contributed by atoms with Crippen LogP contribution in [0.1, 0.15) is 51.9 Å². The number of rotatable bonds is 3. The first-order chi connectivity index (χ1) is 6.26. The Morgan fingerprint density at radius 3 is 2.23 bits per heavy atom. The quantitative estimate of drug-likeness (QED) is 0.706. The van der Waals surface area contributed by atoms with Crippen molar-refractivity contribution in [2.45, 2.75) is 57.9 Å². The van der Waals surface area contributed by atoms with E-state index >= 15 is 0 Å². The van der Waals surface area contributed by atoms with E-state index in [0.717, 1.165) is 12.0 Å². The van der Waals surface area contributed by atoms with Crippen LogP contribution in [-0.2, 0) is 0 Å². The third kappa shape index (κ3) is 1.90. The standard InChI is InChI=1S/C12H23N/c1-12(8-9-12)11(13-2)10-6-4-3-5-7-10/h10-11,13H,3-9H2,1-2H3. The first-order valence-electron chi connectivity index (χ1n) is 5.93. The van der Waals surface area contributed by atoms with E-state index in [0.29, 0.717) is 5.41 Å². The molecule has 2 aliphatic rings. The summed E-state index contributed by atoms with van der Waals surface area (Å²) >= 11 is 0. The highest BCUT2D eigenvalue weighted by Gasteiger charge is 2.47. The lowest BCUT2D eigenvalue weighted by Gasteiger charge is -2.34. The van der Waals surface area contributed by atoms with E-state index in [9.17, 15) is 0 Å². The monoisotopic (exact) mass is 181 g/mol. The summed E-state index contributed by atoms with van der Waals surface area (Å²) in [6.07, 6.45) is 10.3. The summed E-state index contributed by atoms with van der Waals surface area (Å²) in [7, 11) is 2.16. The summed E-state index contributed by atoms with van der Waals surface area (Å²) in [5.41, 5.74) is 0.663. The summed E-state index contributed by atoms with van der Waals surface area (Å²) < 4.78 is 0. The Kier molecular flexibility index (Phi) is 2.64. The molecule has 0 aromatic carbocycles. The molecular weight excluding hydrogens is 158 g/mol. The van der Waals surface area contributed by atoms with Gasteiger partial charge in [0.05, 0.1) is 0 Å². The Morgan fingerprint density at radius 1 is 1.15 bits per heavy atom. The van der Waals surface area contributed by atoms with Crippen molar-refractivity contribution in [2.75, 3.05) is 7.05 Å². The van der Waals surface area contributed by atoms with Crippen LogP contribution >= 0.6 is 0 Å². The zero-order chi connectivity index (χ0) is 9.31. The van der Waals surface area contributed by atoms with Crippen LogP contribution in [0.2, 0.25) is 0 Å². The molecule has 0 spiro atoms. The fourth-order valence-corrected chi connectivity index (χ4v) is 3.13. The third-order valence-electron chi connectivity index (χ3n) is 4.22. The van der Waals surface area contributed by atoms with Gasteiger partial charge in [0.25, 0.3) is 0 Å². The molecule has 2 aliphatic carbocycles. The predicted molar refractivity (Wildman–Crippen MR) is 56.8 cm³/mol. The number of hydrogen-bond acceptors (Lipinski definition) is 1. The van der Waals surface area contributed by atoms with Gasteiger partial charge in [0.2, 0.25) is 0 Å². The minimum atomic E-state index is 0.663. The van der Waals surface area contributed by atoms with E-state index in [1.165, 1.54) is 44.9 Å². The molecule has 1 N–H and O–H groups in total. The lowest BCUT2D eigenvalue weighted by Crippen LogP contribution is -2.41. The molecule has 1 atom stereocenters. The molecule has 1 nitrogen and oxygen atoms in total. The van der Waals surface area contributed by atoms with Crippen LogP contribution in [0.4, 0.5) is 0 Å². The van der Waals surface area contributed by atoms with Gasteiger partial charge in [-0.1, -0.05) is 26.2 Å². The van der Waals surface area contributed by atoms with Crippen molar-refractivity contribution in [3.05, 3.63) is 0 Å². The fraction of sp³-hybridized carbons (Fsp3) is 1.00. The highest BCUT2D eigenvalue weighted by Crippen LogP contribution is 2.51. The van der Waals surface area contributed by atoms with Gasteiger partial charge >= 0.3 is 0 Å². The molecule has 1 unspecified atom stereocenters. The smallest absolute Gasteiger partial charge is 0.0146 e. The second-order valence-corrected chi connectivity index (χ2v) is 5.32. The first kappa shape index (κ1) is 9.51. The minimum absolute atomic E-state index is 0.663. The van der Waals surface area contributed by atoms with Gasteiger partial charge in [-0.25, -0.2) is 0 Å². The summed E-state index contributed by atoms with van der Waals surface area (Å²) in [5.74, 6) is 0.978. The molecule has 1 heteroatoms. The second kappa shape index (κ2) is 3.61. The van der Waals surface area contributed by atoms with Gasteiger partial charge < -0.3 is 5.32 Å². The largest absolute Gasteiger partial charge is 0.316 e. The topological polar surface area (TPSA) is 12.0 Å². The van der Waals surface area contributed by atoms with Gasteiger partial charge in [0, 0.05) is 6.04 Å². The van der Waals surface area contributed by atoms with Crippen molar-refractivity contribution in [1.82, 2.24) is 5.32 Å². The van der Waals surface area contributed by atoms with E-state index in [1.54, 1.807) is 0 Å². The van der Waals surface area contributed by atoms with E-state index in [-0.39, 0.29) is 0 Å². The zero-order valence-electron chi connectivity index (χ0n) is 9.10. The summed E-state index contributed by atoms with van der Waals surface area (Å²) in [5, 5.41) is 3.57. The average molecular weight is 181 g/mol. The van der Waals surface area contributed by atoms with Gasteiger partial charge in [-0.05, 0) is 44.1 Å². The van der Waals surface area contributed by atoms with Crippen molar-refractivity contribution >= 4 is 0 Å². The second-order valence-electron chi connectivity index (χ2n) is 5.32. The molecule has 0 saturated heterocycles. The maximum atomic E-state index is 3.57. The lowest BCUT2D eigenvalue weighted by molar-refractivity contribution is 0.211. The molecule has 13 heavy (non-hydrogen) atoms. The normalized spacial score (nSPS) is 30.0. The molecule has 2 rings (SSSR count). The van der Waals surface area contributed by atoms with Crippen LogP contribution in [0.25, 0.3) is 0 Å². The average Bonchev–Trinajstić information content (AvgIpc) is 2.87. The van der Waals surface area contributed by atoms with Gasteiger partial charge in [0.1, 0.15) is 0 Å². The van der Waals surface area contributed by atoms with Crippen molar-refractivity contribution in [1.29, 1.82) is 0 Å². The number of nitrogens with one attached hydrogen (secondary N) is 1. The Labute approximate surface area is 82.3 Å². The van der Waals surface area contributed by atoms with Crippen LogP contribution in [-0.4, -0.2) is 13.1 Å². The molecule has 0 bridgehead atoms. The van der Waals surface area contributed by atoms with Crippen molar-refractivity contribution < 1.29 is 0 Å². The Balaban J connectivity index is 1.94. The number of hydrogen-bond donors (Lipinski definition) is 1. The third-order valence-corrected chi connectivity index (χ3v) is 4.22. The molecule has 0 radical (unpaired) electrons. The molecule has 0 amide bonds.